The van der Waals surface area contributed by atoms with Crippen LogP contribution in [0.2, 0.25) is 0 Å². The Labute approximate surface area is 156 Å². The third kappa shape index (κ3) is 3.37. The Kier molecular flexibility index (Phi) is 4.30. The van der Waals surface area contributed by atoms with Crippen LogP contribution in [-0.4, -0.2) is 25.9 Å². The van der Waals surface area contributed by atoms with Crippen molar-refractivity contribution in [1.82, 2.24) is 20.0 Å². The number of hydrogen-bond donors (Lipinski definition) is 2. The predicted octanol–water partition coefficient (Wildman–Crippen LogP) is 4.13. The van der Waals surface area contributed by atoms with Crippen molar-refractivity contribution in [2.24, 2.45) is 0 Å². The summed E-state index contributed by atoms with van der Waals surface area (Å²) in [7, 11) is 0. The van der Waals surface area contributed by atoms with Crippen molar-refractivity contribution < 1.29 is 4.79 Å². The lowest BCUT2D eigenvalue weighted by Crippen LogP contribution is -2.15. The Balaban J connectivity index is 1.61. The number of nitrogens with one attached hydrogen (secondary N) is 2. The molecule has 134 valence electrons. The average Bonchev–Trinajstić information content (AvgIpc) is 3.30. The Morgan fingerprint density at radius 2 is 1.74 bits per heavy atom. The molecule has 0 radical (unpaired) electrons. The molecule has 0 fully saturated rings. The third-order valence-electron chi connectivity index (χ3n) is 4.28. The minimum atomic E-state index is -0.251. The van der Waals surface area contributed by atoms with Gasteiger partial charge in [0, 0.05) is 11.3 Å². The van der Waals surface area contributed by atoms with E-state index < -0.39 is 0 Å². The van der Waals surface area contributed by atoms with E-state index in [4.69, 9.17) is 0 Å². The van der Waals surface area contributed by atoms with Crippen LogP contribution in [0.3, 0.4) is 0 Å². The van der Waals surface area contributed by atoms with Gasteiger partial charge in [-0.25, -0.2) is 4.68 Å². The minimum absolute atomic E-state index is 0.251. The molecule has 6 nitrogen and oxygen atoms in total. The molecule has 4 aromatic rings. The second kappa shape index (κ2) is 6.92. The lowest BCUT2D eigenvalue weighted by atomic mass is 10.1. The van der Waals surface area contributed by atoms with E-state index >= 15 is 0 Å². The molecule has 6 heteroatoms. The van der Waals surface area contributed by atoms with E-state index in [-0.39, 0.29) is 5.91 Å². The number of hydrogen-bond acceptors (Lipinski definition) is 3. The maximum Gasteiger partial charge on any atom is 0.273 e. The monoisotopic (exact) mass is 357 g/mol. The first-order valence-corrected chi connectivity index (χ1v) is 8.66. The smallest absolute Gasteiger partial charge is 0.273 e. The fourth-order valence-electron chi connectivity index (χ4n) is 3.02. The summed E-state index contributed by atoms with van der Waals surface area (Å²) >= 11 is 0. The molecule has 0 unspecified atom stereocenters. The molecule has 2 aromatic heterocycles. The van der Waals surface area contributed by atoms with Crippen molar-refractivity contribution in [2.45, 2.75) is 13.8 Å². The van der Waals surface area contributed by atoms with Crippen LogP contribution in [-0.2, 0) is 0 Å². The van der Waals surface area contributed by atoms with E-state index in [0.717, 1.165) is 28.3 Å². The van der Waals surface area contributed by atoms with Gasteiger partial charge in [0.2, 0.25) is 0 Å². The van der Waals surface area contributed by atoms with E-state index in [9.17, 15) is 4.79 Å². The average molecular weight is 357 g/mol. The first-order chi connectivity index (χ1) is 13.1. The van der Waals surface area contributed by atoms with Crippen LogP contribution in [0.5, 0.6) is 0 Å². The van der Waals surface area contributed by atoms with Crippen LogP contribution in [0.15, 0.2) is 66.7 Å². The fraction of sp³-hybridized carbons (Fsp3) is 0.0952. The van der Waals surface area contributed by atoms with Gasteiger partial charge in [0.15, 0.2) is 0 Å². The standard InChI is InChI=1S/C21H19N5O/c1-14-12-15(2)26(25-14)20-11-7-6-10-17(20)22-21(27)19-13-18(23-24-19)16-8-4-3-5-9-16/h3-13H,1-2H3,(H,22,27)(H,23,24). The third-order valence-corrected chi connectivity index (χ3v) is 4.28. The Bertz CT molecular complexity index is 1090. The number of anilines is 1. The van der Waals surface area contributed by atoms with Gasteiger partial charge in [-0.2, -0.15) is 10.2 Å². The van der Waals surface area contributed by atoms with Crippen LogP contribution < -0.4 is 5.32 Å². The van der Waals surface area contributed by atoms with Gasteiger partial charge in [-0.15, -0.1) is 0 Å². The lowest BCUT2D eigenvalue weighted by Gasteiger charge is -2.11. The predicted molar refractivity (Wildman–Crippen MR) is 105 cm³/mol. The van der Waals surface area contributed by atoms with Crippen molar-refractivity contribution in [1.29, 1.82) is 0 Å². The fourth-order valence-corrected chi connectivity index (χ4v) is 3.02. The molecule has 0 bridgehead atoms. The zero-order chi connectivity index (χ0) is 18.8. The molecule has 0 saturated heterocycles. The highest BCUT2D eigenvalue weighted by Gasteiger charge is 2.15. The van der Waals surface area contributed by atoms with E-state index in [1.165, 1.54) is 0 Å². The second-order valence-corrected chi connectivity index (χ2v) is 6.34. The molecule has 27 heavy (non-hydrogen) atoms. The number of carbonyl (C=O) groups is 1. The molecule has 4 rings (SSSR count). The molecule has 2 aromatic carbocycles. The number of amides is 1. The van der Waals surface area contributed by atoms with E-state index in [1.54, 1.807) is 6.07 Å². The van der Waals surface area contributed by atoms with Crippen LogP contribution >= 0.6 is 0 Å². The highest BCUT2D eigenvalue weighted by atomic mass is 16.1. The maximum atomic E-state index is 12.7. The zero-order valence-corrected chi connectivity index (χ0v) is 15.1. The summed E-state index contributed by atoms with van der Waals surface area (Å²) in [5.41, 5.74) is 5.51. The van der Waals surface area contributed by atoms with Crippen LogP contribution in [0.1, 0.15) is 21.9 Å². The lowest BCUT2D eigenvalue weighted by molar-refractivity contribution is 0.102. The van der Waals surface area contributed by atoms with Gasteiger partial charge >= 0.3 is 0 Å². The molecule has 0 aliphatic carbocycles. The first-order valence-electron chi connectivity index (χ1n) is 8.66. The minimum Gasteiger partial charge on any atom is -0.319 e. The summed E-state index contributed by atoms with van der Waals surface area (Å²) in [6, 6.07) is 21.1. The largest absolute Gasteiger partial charge is 0.319 e. The quantitative estimate of drug-likeness (QED) is 0.576. The highest BCUT2D eigenvalue weighted by molar-refractivity contribution is 6.04. The number of nitrogens with zero attached hydrogens (tertiary/aromatic N) is 3. The number of rotatable bonds is 4. The summed E-state index contributed by atoms with van der Waals surface area (Å²) in [6.45, 7) is 3.93. The number of H-pyrrole nitrogens is 1. The number of para-hydroxylation sites is 2. The number of carbonyl (C=O) groups excluding carboxylic acids is 1. The number of aromatic nitrogens is 4. The Morgan fingerprint density at radius 3 is 2.48 bits per heavy atom. The molecule has 0 spiro atoms. The molecule has 0 saturated carbocycles. The summed E-state index contributed by atoms with van der Waals surface area (Å²) in [5, 5.41) is 14.5. The molecule has 1 amide bonds. The summed E-state index contributed by atoms with van der Waals surface area (Å²) < 4.78 is 1.83. The van der Waals surface area contributed by atoms with E-state index in [2.05, 4.69) is 20.6 Å². The topological polar surface area (TPSA) is 75.6 Å². The van der Waals surface area contributed by atoms with Crippen molar-refractivity contribution in [3.8, 4) is 16.9 Å². The molecule has 2 N–H and O–H groups in total. The van der Waals surface area contributed by atoms with Crippen LogP contribution in [0, 0.1) is 13.8 Å². The zero-order valence-electron chi connectivity index (χ0n) is 15.1. The number of benzene rings is 2. The molecule has 2 heterocycles. The van der Waals surface area contributed by atoms with Crippen molar-refractivity contribution in [3.63, 3.8) is 0 Å². The van der Waals surface area contributed by atoms with Gasteiger partial charge in [0.1, 0.15) is 5.69 Å². The molecular formula is C21H19N5O. The van der Waals surface area contributed by atoms with E-state index in [1.807, 2.05) is 79.2 Å². The molecule has 0 atom stereocenters. The van der Waals surface area contributed by atoms with Gasteiger partial charge in [0.05, 0.1) is 22.8 Å². The second-order valence-electron chi connectivity index (χ2n) is 6.34. The van der Waals surface area contributed by atoms with Gasteiger partial charge in [-0.1, -0.05) is 42.5 Å². The normalized spacial score (nSPS) is 10.7. The maximum absolute atomic E-state index is 12.7. The van der Waals surface area contributed by atoms with Crippen LogP contribution in [0.25, 0.3) is 16.9 Å². The number of aromatic amines is 1. The van der Waals surface area contributed by atoms with E-state index in [0.29, 0.717) is 11.4 Å². The Morgan fingerprint density at radius 1 is 1.00 bits per heavy atom. The molecule has 0 aliphatic rings. The van der Waals surface area contributed by atoms with Gasteiger partial charge in [0.25, 0.3) is 5.91 Å². The number of aryl methyl sites for hydroxylation is 2. The highest BCUT2D eigenvalue weighted by Crippen LogP contribution is 2.23. The van der Waals surface area contributed by atoms with Crippen molar-refractivity contribution in [3.05, 3.63) is 83.8 Å². The molecular weight excluding hydrogens is 338 g/mol. The molecule has 0 aliphatic heterocycles. The first kappa shape index (κ1) is 16.8. The van der Waals surface area contributed by atoms with Gasteiger partial charge < -0.3 is 5.32 Å². The van der Waals surface area contributed by atoms with Crippen LogP contribution in [0.4, 0.5) is 5.69 Å². The van der Waals surface area contributed by atoms with Gasteiger partial charge in [-0.05, 0) is 38.1 Å². The SMILES string of the molecule is Cc1cc(C)n(-c2ccccc2NC(=O)c2cc(-c3ccccc3)n[nH]2)n1. The summed E-state index contributed by atoms with van der Waals surface area (Å²) in [6.07, 6.45) is 0. The van der Waals surface area contributed by atoms with Crippen molar-refractivity contribution >= 4 is 11.6 Å². The van der Waals surface area contributed by atoms with Crippen molar-refractivity contribution in [2.75, 3.05) is 5.32 Å². The summed E-state index contributed by atoms with van der Waals surface area (Å²) in [5.74, 6) is -0.251. The summed E-state index contributed by atoms with van der Waals surface area (Å²) in [4.78, 5) is 12.7. The van der Waals surface area contributed by atoms with Gasteiger partial charge in [-0.3, -0.25) is 9.89 Å². The Hall–Kier alpha value is -3.67.